The van der Waals surface area contributed by atoms with E-state index in [0.29, 0.717) is 6.54 Å². The van der Waals surface area contributed by atoms with Crippen LogP contribution in [0.15, 0.2) is 18.2 Å². The summed E-state index contributed by atoms with van der Waals surface area (Å²) in [6.45, 7) is 4.05. The minimum Gasteiger partial charge on any atom is -0.507 e. The highest BCUT2D eigenvalue weighted by molar-refractivity contribution is 5.97. The van der Waals surface area contributed by atoms with Crippen LogP contribution in [0.1, 0.15) is 22.8 Å². The molecule has 1 aromatic rings. The van der Waals surface area contributed by atoms with Gasteiger partial charge in [-0.2, -0.15) is 0 Å². The molecule has 0 radical (unpaired) electrons. The molecular weight excluding hydrogens is 192 g/mol. The number of nitrogens with one attached hydrogen (secondary N) is 1. The van der Waals surface area contributed by atoms with Crippen molar-refractivity contribution < 1.29 is 9.90 Å². The molecule has 4 nitrogen and oxygen atoms in total. The summed E-state index contributed by atoms with van der Waals surface area (Å²) in [5.41, 5.74) is 6.61. The number of phenols is 1. The monoisotopic (exact) mass is 208 g/mol. The average molecular weight is 208 g/mol. The van der Waals surface area contributed by atoms with Gasteiger partial charge in [0.2, 0.25) is 0 Å². The first kappa shape index (κ1) is 11.5. The van der Waals surface area contributed by atoms with Crippen molar-refractivity contribution in [3.05, 3.63) is 29.3 Å². The molecule has 0 aliphatic carbocycles. The van der Waals surface area contributed by atoms with E-state index in [9.17, 15) is 9.90 Å². The van der Waals surface area contributed by atoms with E-state index >= 15 is 0 Å². The number of nitrogens with two attached hydrogens (primary N) is 1. The Morgan fingerprint density at radius 2 is 2.27 bits per heavy atom. The van der Waals surface area contributed by atoms with Gasteiger partial charge in [0.05, 0.1) is 5.56 Å². The second-order valence-corrected chi connectivity index (χ2v) is 3.63. The number of hydrogen-bond acceptors (Lipinski definition) is 3. The summed E-state index contributed by atoms with van der Waals surface area (Å²) in [5, 5.41) is 12.2. The van der Waals surface area contributed by atoms with Gasteiger partial charge >= 0.3 is 0 Å². The Labute approximate surface area is 89.1 Å². The Hall–Kier alpha value is -1.55. The van der Waals surface area contributed by atoms with E-state index in [4.69, 9.17) is 5.73 Å². The molecule has 1 aromatic carbocycles. The van der Waals surface area contributed by atoms with E-state index in [1.54, 1.807) is 12.1 Å². The number of rotatable bonds is 3. The fraction of sp³-hybridized carbons (Fsp3) is 0.364. The first-order valence-corrected chi connectivity index (χ1v) is 4.85. The van der Waals surface area contributed by atoms with Crippen LogP contribution in [0.3, 0.4) is 0 Å². The van der Waals surface area contributed by atoms with E-state index in [-0.39, 0.29) is 23.3 Å². The lowest BCUT2D eigenvalue weighted by Gasteiger charge is -2.12. The van der Waals surface area contributed by atoms with Crippen molar-refractivity contribution in [1.29, 1.82) is 0 Å². The largest absolute Gasteiger partial charge is 0.507 e. The van der Waals surface area contributed by atoms with Gasteiger partial charge in [-0.3, -0.25) is 4.79 Å². The van der Waals surface area contributed by atoms with Gasteiger partial charge in [-0.25, -0.2) is 0 Å². The topological polar surface area (TPSA) is 75.3 Å². The van der Waals surface area contributed by atoms with Gasteiger partial charge < -0.3 is 16.2 Å². The maximum Gasteiger partial charge on any atom is 0.255 e. The van der Waals surface area contributed by atoms with Gasteiger partial charge in [-0.1, -0.05) is 11.6 Å². The van der Waals surface area contributed by atoms with Crippen molar-refractivity contribution in [3.63, 3.8) is 0 Å². The highest BCUT2D eigenvalue weighted by atomic mass is 16.3. The molecule has 1 rings (SSSR count). The highest BCUT2D eigenvalue weighted by Gasteiger charge is 2.12. The van der Waals surface area contributed by atoms with Crippen LogP contribution in [-0.4, -0.2) is 23.6 Å². The maximum absolute atomic E-state index is 11.7. The van der Waals surface area contributed by atoms with Crippen molar-refractivity contribution in [2.45, 2.75) is 19.9 Å². The molecular formula is C11H16N2O2. The SMILES string of the molecule is Cc1ccc(O)c(C(=O)N[C@H](C)CN)c1. The molecule has 0 saturated carbocycles. The zero-order valence-corrected chi connectivity index (χ0v) is 8.95. The normalized spacial score (nSPS) is 12.2. The molecule has 0 spiro atoms. The van der Waals surface area contributed by atoms with Gasteiger partial charge in [0.15, 0.2) is 0 Å². The molecule has 1 atom stereocenters. The molecule has 0 saturated heterocycles. The number of hydrogen-bond donors (Lipinski definition) is 3. The van der Waals surface area contributed by atoms with Crippen molar-refractivity contribution in [3.8, 4) is 5.75 Å². The molecule has 0 aromatic heterocycles. The second kappa shape index (κ2) is 4.79. The number of benzene rings is 1. The highest BCUT2D eigenvalue weighted by Crippen LogP contribution is 2.17. The molecule has 0 bridgehead atoms. The van der Waals surface area contributed by atoms with E-state index < -0.39 is 0 Å². The summed E-state index contributed by atoms with van der Waals surface area (Å²) in [4.78, 5) is 11.7. The Kier molecular flexibility index (Phi) is 3.68. The zero-order chi connectivity index (χ0) is 11.4. The van der Waals surface area contributed by atoms with Gasteiger partial charge in [-0.15, -0.1) is 0 Å². The molecule has 1 amide bonds. The predicted molar refractivity (Wildman–Crippen MR) is 58.8 cm³/mol. The van der Waals surface area contributed by atoms with Crippen molar-refractivity contribution >= 4 is 5.91 Å². The molecule has 0 aliphatic rings. The summed E-state index contributed by atoms with van der Waals surface area (Å²) in [7, 11) is 0. The summed E-state index contributed by atoms with van der Waals surface area (Å²) >= 11 is 0. The number of aromatic hydroxyl groups is 1. The zero-order valence-electron chi connectivity index (χ0n) is 8.95. The van der Waals surface area contributed by atoms with Crippen LogP contribution in [-0.2, 0) is 0 Å². The van der Waals surface area contributed by atoms with Crippen LogP contribution in [0.2, 0.25) is 0 Å². The van der Waals surface area contributed by atoms with E-state index in [1.165, 1.54) is 6.07 Å². The third-order valence-corrected chi connectivity index (χ3v) is 2.13. The molecule has 0 heterocycles. The fourth-order valence-electron chi connectivity index (χ4n) is 1.19. The lowest BCUT2D eigenvalue weighted by Crippen LogP contribution is -2.37. The fourth-order valence-corrected chi connectivity index (χ4v) is 1.19. The third-order valence-electron chi connectivity index (χ3n) is 2.13. The minimum absolute atomic E-state index is 0.0117. The summed E-state index contributed by atoms with van der Waals surface area (Å²) in [6.07, 6.45) is 0. The van der Waals surface area contributed by atoms with Crippen LogP contribution < -0.4 is 11.1 Å². The molecule has 0 unspecified atom stereocenters. The number of carbonyl (C=O) groups is 1. The predicted octanol–water partition coefficient (Wildman–Crippen LogP) is 0.778. The molecule has 0 fully saturated rings. The van der Waals surface area contributed by atoms with Crippen LogP contribution in [0.25, 0.3) is 0 Å². The van der Waals surface area contributed by atoms with Gasteiger partial charge in [-0.05, 0) is 26.0 Å². The smallest absolute Gasteiger partial charge is 0.255 e. The minimum atomic E-state index is -0.297. The van der Waals surface area contributed by atoms with Crippen LogP contribution in [0, 0.1) is 6.92 Å². The Balaban J connectivity index is 2.86. The number of aryl methyl sites for hydroxylation is 1. The van der Waals surface area contributed by atoms with Crippen molar-refractivity contribution in [1.82, 2.24) is 5.32 Å². The molecule has 4 heteroatoms. The Morgan fingerprint density at radius 3 is 2.87 bits per heavy atom. The van der Waals surface area contributed by atoms with Crippen LogP contribution in [0.4, 0.5) is 0 Å². The number of phenolic OH excluding ortho intramolecular Hbond substituents is 1. The number of amides is 1. The average Bonchev–Trinajstić information content (AvgIpc) is 2.21. The van der Waals surface area contributed by atoms with Crippen LogP contribution >= 0.6 is 0 Å². The van der Waals surface area contributed by atoms with Gasteiger partial charge in [0.25, 0.3) is 5.91 Å². The Morgan fingerprint density at radius 1 is 1.60 bits per heavy atom. The van der Waals surface area contributed by atoms with Crippen LogP contribution in [0.5, 0.6) is 5.75 Å². The lowest BCUT2D eigenvalue weighted by molar-refractivity contribution is 0.0938. The molecule has 15 heavy (non-hydrogen) atoms. The summed E-state index contributed by atoms with van der Waals surface area (Å²) in [5.74, 6) is -0.309. The molecule has 0 aliphatic heterocycles. The first-order chi connectivity index (χ1) is 7.04. The van der Waals surface area contributed by atoms with Gasteiger partial charge in [0.1, 0.15) is 5.75 Å². The molecule has 4 N–H and O–H groups in total. The molecule has 82 valence electrons. The van der Waals surface area contributed by atoms with E-state index in [1.807, 2.05) is 13.8 Å². The quantitative estimate of drug-likeness (QED) is 0.687. The van der Waals surface area contributed by atoms with E-state index in [0.717, 1.165) is 5.56 Å². The summed E-state index contributed by atoms with van der Waals surface area (Å²) < 4.78 is 0. The standard InChI is InChI=1S/C11H16N2O2/c1-7-3-4-10(14)9(5-7)11(15)13-8(2)6-12/h3-5,8,14H,6,12H2,1-2H3,(H,13,15)/t8-/m1/s1. The first-order valence-electron chi connectivity index (χ1n) is 4.85. The lowest BCUT2D eigenvalue weighted by atomic mass is 10.1. The van der Waals surface area contributed by atoms with E-state index in [2.05, 4.69) is 5.32 Å². The van der Waals surface area contributed by atoms with Gasteiger partial charge in [0, 0.05) is 12.6 Å². The maximum atomic E-state index is 11.7. The third kappa shape index (κ3) is 2.95. The van der Waals surface area contributed by atoms with Crippen molar-refractivity contribution in [2.75, 3.05) is 6.54 Å². The summed E-state index contributed by atoms with van der Waals surface area (Å²) in [6, 6.07) is 4.81. The second-order valence-electron chi connectivity index (χ2n) is 3.63. The Bertz CT molecular complexity index is 364. The van der Waals surface area contributed by atoms with Crippen molar-refractivity contribution in [2.24, 2.45) is 5.73 Å². The number of carbonyl (C=O) groups excluding carboxylic acids is 1.